The Morgan fingerprint density at radius 2 is 2.21 bits per heavy atom. The first-order chi connectivity index (χ1) is 6.77. The molecule has 1 aromatic rings. The molecule has 0 saturated carbocycles. The topological polar surface area (TPSA) is 17.1 Å². The van der Waals surface area contributed by atoms with E-state index in [0.717, 1.165) is 12.8 Å². The molecule has 0 bridgehead atoms. The Bertz CT molecular complexity index is 341. The molecule has 14 heavy (non-hydrogen) atoms. The van der Waals surface area contributed by atoms with Gasteiger partial charge in [-0.25, -0.2) is 0 Å². The largest absolute Gasteiger partial charge is 0.300 e. The maximum atomic E-state index is 10.9. The molecule has 0 heterocycles. The van der Waals surface area contributed by atoms with Crippen LogP contribution in [0.15, 0.2) is 24.3 Å². The van der Waals surface area contributed by atoms with Crippen LogP contribution < -0.4 is 0 Å². The van der Waals surface area contributed by atoms with Gasteiger partial charge in [-0.2, -0.15) is 0 Å². The van der Waals surface area contributed by atoms with E-state index in [4.69, 9.17) is 0 Å². The molecule has 1 aliphatic carbocycles. The molecule has 0 radical (unpaired) electrons. The highest BCUT2D eigenvalue weighted by Crippen LogP contribution is 2.35. The monoisotopic (exact) mass is 188 g/mol. The molecule has 0 amide bonds. The van der Waals surface area contributed by atoms with Crippen molar-refractivity contribution in [3.8, 4) is 0 Å². The number of Topliss-reactive ketones (excluding diaryl/α,β-unsaturated/α-hetero) is 1. The van der Waals surface area contributed by atoms with Gasteiger partial charge in [0.15, 0.2) is 0 Å². The summed E-state index contributed by atoms with van der Waals surface area (Å²) >= 11 is 0. The van der Waals surface area contributed by atoms with Gasteiger partial charge >= 0.3 is 0 Å². The summed E-state index contributed by atoms with van der Waals surface area (Å²) in [6, 6.07) is 8.63. The molecular weight excluding hydrogens is 172 g/mol. The normalized spacial score (nSPS) is 19.4. The molecular formula is C13H16O. The molecule has 1 heteroatoms. The van der Waals surface area contributed by atoms with Crippen LogP contribution in [0.2, 0.25) is 0 Å². The van der Waals surface area contributed by atoms with Crippen molar-refractivity contribution in [3.63, 3.8) is 0 Å². The minimum absolute atomic E-state index is 0.314. The van der Waals surface area contributed by atoms with E-state index in [1.54, 1.807) is 6.92 Å². The van der Waals surface area contributed by atoms with Crippen molar-refractivity contribution in [2.45, 2.75) is 38.5 Å². The van der Waals surface area contributed by atoms with Crippen molar-refractivity contribution >= 4 is 5.78 Å². The van der Waals surface area contributed by atoms with Gasteiger partial charge in [0.05, 0.1) is 0 Å². The van der Waals surface area contributed by atoms with Crippen molar-refractivity contribution in [1.29, 1.82) is 0 Å². The first kappa shape index (κ1) is 9.45. The fourth-order valence-corrected chi connectivity index (χ4v) is 2.32. The van der Waals surface area contributed by atoms with Gasteiger partial charge < -0.3 is 4.79 Å². The smallest absolute Gasteiger partial charge is 0.129 e. The molecule has 1 unspecified atom stereocenters. The summed E-state index contributed by atoms with van der Waals surface area (Å²) in [5, 5.41) is 0. The number of carbonyl (C=O) groups excluding carboxylic acids is 1. The van der Waals surface area contributed by atoms with Gasteiger partial charge in [0.1, 0.15) is 5.78 Å². The van der Waals surface area contributed by atoms with Crippen LogP contribution in [0.3, 0.4) is 0 Å². The minimum atomic E-state index is 0.314. The Morgan fingerprint density at radius 1 is 1.43 bits per heavy atom. The van der Waals surface area contributed by atoms with Crippen LogP contribution in [-0.2, 0) is 11.2 Å². The summed E-state index contributed by atoms with van der Waals surface area (Å²) in [7, 11) is 0. The van der Waals surface area contributed by atoms with E-state index < -0.39 is 0 Å². The molecule has 0 aromatic heterocycles. The molecule has 0 N–H and O–H groups in total. The zero-order valence-electron chi connectivity index (χ0n) is 8.62. The Labute approximate surface area is 85.1 Å². The SMILES string of the molecule is CC(=O)CCC1CCc2ccccc21. The maximum absolute atomic E-state index is 10.9. The van der Waals surface area contributed by atoms with Crippen molar-refractivity contribution in [2.24, 2.45) is 0 Å². The van der Waals surface area contributed by atoms with Crippen LogP contribution in [0, 0.1) is 0 Å². The van der Waals surface area contributed by atoms with Crippen LogP contribution >= 0.6 is 0 Å². The zero-order chi connectivity index (χ0) is 9.97. The van der Waals surface area contributed by atoms with Gasteiger partial charge in [0, 0.05) is 6.42 Å². The number of benzene rings is 1. The fourth-order valence-electron chi connectivity index (χ4n) is 2.32. The summed E-state index contributed by atoms with van der Waals surface area (Å²) in [5.41, 5.74) is 2.97. The lowest BCUT2D eigenvalue weighted by Crippen LogP contribution is -1.97. The minimum Gasteiger partial charge on any atom is -0.300 e. The lowest BCUT2D eigenvalue weighted by molar-refractivity contribution is -0.117. The summed E-state index contributed by atoms with van der Waals surface area (Å²) in [6.07, 6.45) is 4.19. The highest BCUT2D eigenvalue weighted by atomic mass is 16.1. The van der Waals surface area contributed by atoms with Crippen molar-refractivity contribution in [3.05, 3.63) is 35.4 Å². The predicted octanol–water partition coefficient (Wildman–Crippen LogP) is 3.09. The Hall–Kier alpha value is -1.11. The van der Waals surface area contributed by atoms with Crippen molar-refractivity contribution in [1.82, 2.24) is 0 Å². The molecule has 0 fully saturated rings. The molecule has 0 saturated heterocycles. The van der Waals surface area contributed by atoms with E-state index >= 15 is 0 Å². The Kier molecular flexibility index (Phi) is 2.67. The third-order valence-corrected chi connectivity index (χ3v) is 3.10. The molecule has 0 spiro atoms. The molecule has 0 aliphatic heterocycles. The number of hydrogen-bond acceptors (Lipinski definition) is 1. The molecule has 1 nitrogen and oxygen atoms in total. The second-order valence-corrected chi connectivity index (χ2v) is 4.18. The first-order valence-electron chi connectivity index (χ1n) is 5.34. The number of carbonyl (C=O) groups is 1. The summed E-state index contributed by atoms with van der Waals surface area (Å²) in [5.74, 6) is 0.949. The van der Waals surface area contributed by atoms with Crippen LogP contribution in [-0.4, -0.2) is 5.78 Å². The zero-order valence-corrected chi connectivity index (χ0v) is 8.62. The average Bonchev–Trinajstić information content (AvgIpc) is 2.58. The van der Waals surface area contributed by atoms with Gasteiger partial charge in [-0.05, 0) is 43.2 Å². The lowest BCUT2D eigenvalue weighted by atomic mass is 9.95. The molecule has 1 aromatic carbocycles. The van der Waals surface area contributed by atoms with Crippen LogP contribution in [0.25, 0.3) is 0 Å². The number of rotatable bonds is 3. The van der Waals surface area contributed by atoms with E-state index in [2.05, 4.69) is 24.3 Å². The predicted molar refractivity (Wildman–Crippen MR) is 57.4 cm³/mol. The number of hydrogen-bond donors (Lipinski definition) is 0. The summed E-state index contributed by atoms with van der Waals surface area (Å²) in [4.78, 5) is 10.9. The summed E-state index contributed by atoms with van der Waals surface area (Å²) in [6.45, 7) is 1.68. The van der Waals surface area contributed by atoms with Crippen LogP contribution in [0.1, 0.15) is 43.2 Å². The average molecular weight is 188 g/mol. The highest BCUT2D eigenvalue weighted by molar-refractivity contribution is 5.75. The fraction of sp³-hybridized carbons (Fsp3) is 0.462. The van der Waals surface area contributed by atoms with Crippen molar-refractivity contribution < 1.29 is 4.79 Å². The highest BCUT2D eigenvalue weighted by Gasteiger charge is 2.21. The van der Waals surface area contributed by atoms with Gasteiger partial charge in [0.2, 0.25) is 0 Å². The van der Waals surface area contributed by atoms with E-state index in [-0.39, 0.29) is 0 Å². The van der Waals surface area contributed by atoms with Crippen LogP contribution in [0.5, 0.6) is 0 Å². The van der Waals surface area contributed by atoms with Gasteiger partial charge in [-0.3, -0.25) is 0 Å². The van der Waals surface area contributed by atoms with E-state index in [1.807, 2.05) is 0 Å². The third-order valence-electron chi connectivity index (χ3n) is 3.10. The summed E-state index contributed by atoms with van der Waals surface area (Å²) < 4.78 is 0. The number of fused-ring (bicyclic) bond motifs is 1. The Morgan fingerprint density at radius 3 is 3.00 bits per heavy atom. The first-order valence-corrected chi connectivity index (χ1v) is 5.34. The molecule has 1 aliphatic rings. The standard InChI is InChI=1S/C13H16O/c1-10(14)6-7-12-9-8-11-4-2-3-5-13(11)12/h2-5,12H,6-9H2,1H3. The van der Waals surface area contributed by atoms with Gasteiger partial charge in [0.25, 0.3) is 0 Å². The second kappa shape index (κ2) is 3.95. The number of aryl methyl sites for hydroxylation is 1. The molecule has 1 atom stereocenters. The second-order valence-electron chi connectivity index (χ2n) is 4.18. The van der Waals surface area contributed by atoms with Gasteiger partial charge in [-0.1, -0.05) is 24.3 Å². The molecule has 2 rings (SSSR count). The quantitative estimate of drug-likeness (QED) is 0.712. The Balaban J connectivity index is 2.07. The van der Waals surface area contributed by atoms with E-state index in [9.17, 15) is 4.79 Å². The van der Waals surface area contributed by atoms with E-state index in [1.165, 1.54) is 24.0 Å². The number of ketones is 1. The van der Waals surface area contributed by atoms with E-state index in [0.29, 0.717) is 11.7 Å². The molecule has 74 valence electrons. The van der Waals surface area contributed by atoms with Crippen LogP contribution in [0.4, 0.5) is 0 Å². The lowest BCUT2D eigenvalue weighted by Gasteiger charge is -2.09. The van der Waals surface area contributed by atoms with Gasteiger partial charge in [-0.15, -0.1) is 0 Å². The third kappa shape index (κ3) is 1.87. The maximum Gasteiger partial charge on any atom is 0.129 e. The van der Waals surface area contributed by atoms with Crippen molar-refractivity contribution in [2.75, 3.05) is 0 Å².